The fourth-order valence-electron chi connectivity index (χ4n) is 2.96. The number of fused-ring (bicyclic) bond motifs is 1. The highest BCUT2D eigenvalue weighted by atomic mass is 32.2. The molecule has 1 saturated heterocycles. The monoisotopic (exact) mass is 368 g/mol. The van der Waals surface area contributed by atoms with E-state index in [-0.39, 0.29) is 17.6 Å². The van der Waals surface area contributed by atoms with Crippen LogP contribution in [0.4, 0.5) is 11.4 Å². The number of para-hydroxylation sites is 1. The summed E-state index contributed by atoms with van der Waals surface area (Å²) >= 11 is 6.46. The summed E-state index contributed by atoms with van der Waals surface area (Å²) in [5.41, 5.74) is 2.35. The number of aromatic hydroxyl groups is 1. The van der Waals surface area contributed by atoms with Gasteiger partial charge in [0.1, 0.15) is 5.75 Å². The zero-order chi connectivity index (χ0) is 17.7. The van der Waals surface area contributed by atoms with Crippen LogP contribution >= 0.6 is 24.0 Å². The third-order valence-electron chi connectivity index (χ3n) is 4.14. The molecule has 0 unspecified atom stereocenters. The molecule has 25 heavy (non-hydrogen) atoms. The maximum absolute atomic E-state index is 13.0. The van der Waals surface area contributed by atoms with Gasteiger partial charge in [-0.15, -0.1) is 0 Å². The van der Waals surface area contributed by atoms with Gasteiger partial charge in [-0.25, -0.2) is 0 Å². The molecular formula is C18H12N2O3S2. The van der Waals surface area contributed by atoms with Crippen molar-refractivity contribution in [3.63, 3.8) is 0 Å². The third-order valence-corrected chi connectivity index (χ3v) is 5.51. The number of hydrogen-bond acceptors (Lipinski definition) is 5. The van der Waals surface area contributed by atoms with E-state index in [2.05, 4.69) is 0 Å². The van der Waals surface area contributed by atoms with Gasteiger partial charge in [-0.1, -0.05) is 48.2 Å². The zero-order valence-corrected chi connectivity index (χ0v) is 14.7. The number of anilines is 2. The van der Waals surface area contributed by atoms with Crippen LogP contribution in [0.15, 0.2) is 53.4 Å². The molecule has 7 heteroatoms. The number of phenols is 1. The number of nitrogens with zero attached hydrogens (tertiary/aromatic N) is 2. The van der Waals surface area contributed by atoms with Gasteiger partial charge in [0.2, 0.25) is 0 Å². The van der Waals surface area contributed by atoms with Crippen LogP contribution in [0.2, 0.25) is 0 Å². The number of thiocarbonyl (C=S) groups is 1. The summed E-state index contributed by atoms with van der Waals surface area (Å²) in [7, 11) is 1.68. The van der Waals surface area contributed by atoms with Crippen LogP contribution in [0, 0.1) is 0 Å². The molecule has 1 N–H and O–H groups in total. The predicted octanol–water partition coefficient (Wildman–Crippen LogP) is 3.14. The molecule has 1 fully saturated rings. The van der Waals surface area contributed by atoms with Gasteiger partial charge in [0.15, 0.2) is 4.32 Å². The molecule has 0 aromatic heterocycles. The molecule has 2 heterocycles. The van der Waals surface area contributed by atoms with Crippen LogP contribution in [0.25, 0.3) is 5.57 Å². The van der Waals surface area contributed by atoms with Crippen molar-refractivity contribution in [2.75, 3.05) is 16.8 Å². The van der Waals surface area contributed by atoms with Crippen LogP contribution in [-0.4, -0.2) is 28.3 Å². The topological polar surface area (TPSA) is 60.9 Å². The third kappa shape index (κ3) is 2.35. The van der Waals surface area contributed by atoms with E-state index in [1.807, 2.05) is 24.3 Å². The summed E-state index contributed by atoms with van der Waals surface area (Å²) in [5, 5.41) is 9.67. The number of rotatable bonds is 1. The molecule has 0 bridgehead atoms. The van der Waals surface area contributed by atoms with Gasteiger partial charge in [-0.3, -0.25) is 14.5 Å². The number of carbonyl (C=O) groups excluding carboxylic acids is 2. The van der Waals surface area contributed by atoms with E-state index in [1.165, 1.54) is 21.9 Å². The first kappa shape index (κ1) is 15.9. The fraction of sp³-hybridized carbons (Fsp3) is 0.0556. The summed E-state index contributed by atoms with van der Waals surface area (Å²) < 4.78 is 0.331. The van der Waals surface area contributed by atoms with Crippen molar-refractivity contribution >= 4 is 57.1 Å². The molecule has 2 amide bonds. The average molecular weight is 368 g/mol. The minimum absolute atomic E-state index is 0.0428. The highest BCUT2D eigenvalue weighted by molar-refractivity contribution is 8.27. The largest absolute Gasteiger partial charge is 0.508 e. The Labute approximate surface area is 153 Å². The summed E-state index contributed by atoms with van der Waals surface area (Å²) in [5.74, 6) is -0.534. The predicted molar refractivity (Wildman–Crippen MR) is 103 cm³/mol. The first-order chi connectivity index (χ1) is 12.0. The van der Waals surface area contributed by atoms with E-state index in [1.54, 1.807) is 19.2 Å². The second-order valence-electron chi connectivity index (χ2n) is 5.61. The van der Waals surface area contributed by atoms with Gasteiger partial charge in [0.25, 0.3) is 11.8 Å². The second-order valence-corrected chi connectivity index (χ2v) is 7.26. The number of likely N-dealkylation sites (N-methyl/N-ethyl adjacent to an activating group) is 1. The smallest absolute Gasteiger partial charge is 0.271 e. The maximum Gasteiger partial charge on any atom is 0.271 e. The molecule has 2 aromatic rings. The SMILES string of the molecule is CN1C(=O)/C(=C2/SC(=S)N(c3cccc(O)c3)C2=O)c2ccccc21. The number of phenolic OH excluding ortho intramolecular Hbond substituents is 1. The minimum Gasteiger partial charge on any atom is -0.508 e. The van der Waals surface area contributed by atoms with Crippen LogP contribution in [0.3, 0.4) is 0 Å². The van der Waals surface area contributed by atoms with E-state index in [9.17, 15) is 14.7 Å². The number of benzene rings is 2. The average Bonchev–Trinajstić information content (AvgIpc) is 3.02. The van der Waals surface area contributed by atoms with E-state index >= 15 is 0 Å². The van der Waals surface area contributed by atoms with Gasteiger partial charge in [0, 0.05) is 18.7 Å². The molecule has 0 spiro atoms. The van der Waals surface area contributed by atoms with Crippen molar-refractivity contribution < 1.29 is 14.7 Å². The standard InChI is InChI=1S/C18H12N2O3S2/c1-19-13-8-3-2-7-12(13)14(16(19)22)15-17(23)20(18(24)25-15)10-5-4-6-11(21)9-10/h2-9,21H,1H3/b15-14+. The molecule has 2 aromatic carbocycles. The summed E-state index contributed by atoms with van der Waals surface area (Å²) in [6.07, 6.45) is 0. The Kier molecular flexibility index (Phi) is 3.63. The molecular weight excluding hydrogens is 356 g/mol. The number of carbonyl (C=O) groups is 2. The van der Waals surface area contributed by atoms with Crippen LogP contribution in [0.5, 0.6) is 5.75 Å². The Morgan fingerprint density at radius 3 is 2.56 bits per heavy atom. The van der Waals surface area contributed by atoms with Crippen molar-refractivity contribution in [1.82, 2.24) is 0 Å². The Morgan fingerprint density at radius 2 is 1.80 bits per heavy atom. The van der Waals surface area contributed by atoms with Crippen molar-refractivity contribution in [2.24, 2.45) is 0 Å². The van der Waals surface area contributed by atoms with E-state index in [4.69, 9.17) is 12.2 Å². The Balaban J connectivity index is 1.85. The number of amides is 2. The molecule has 0 radical (unpaired) electrons. The van der Waals surface area contributed by atoms with Crippen LogP contribution in [-0.2, 0) is 9.59 Å². The first-order valence-electron chi connectivity index (χ1n) is 7.46. The Morgan fingerprint density at radius 1 is 1.04 bits per heavy atom. The molecule has 2 aliphatic rings. The van der Waals surface area contributed by atoms with E-state index in [0.717, 1.165) is 23.0 Å². The summed E-state index contributed by atoms with van der Waals surface area (Å²) in [4.78, 5) is 28.9. The normalized spacial score (nSPS) is 19.8. The fourth-order valence-corrected chi connectivity index (χ4v) is 4.33. The second kappa shape index (κ2) is 5.72. The van der Waals surface area contributed by atoms with Gasteiger partial charge in [-0.05, 0) is 18.2 Å². The molecule has 2 aliphatic heterocycles. The molecule has 0 saturated carbocycles. The van der Waals surface area contributed by atoms with Crippen molar-refractivity contribution in [3.8, 4) is 5.75 Å². The number of hydrogen-bond donors (Lipinski definition) is 1. The minimum atomic E-state index is -0.353. The molecule has 124 valence electrons. The van der Waals surface area contributed by atoms with E-state index < -0.39 is 0 Å². The summed E-state index contributed by atoms with van der Waals surface area (Å²) in [6.45, 7) is 0. The van der Waals surface area contributed by atoms with Crippen LogP contribution < -0.4 is 9.80 Å². The highest BCUT2D eigenvalue weighted by Crippen LogP contribution is 2.45. The Hall–Kier alpha value is -2.64. The van der Waals surface area contributed by atoms with Gasteiger partial charge >= 0.3 is 0 Å². The summed E-state index contributed by atoms with van der Waals surface area (Å²) in [6, 6.07) is 13.7. The molecule has 4 rings (SSSR count). The Bertz CT molecular complexity index is 984. The quantitative estimate of drug-likeness (QED) is 0.619. The highest BCUT2D eigenvalue weighted by Gasteiger charge is 2.41. The molecule has 5 nitrogen and oxygen atoms in total. The maximum atomic E-state index is 13.0. The zero-order valence-electron chi connectivity index (χ0n) is 13.1. The lowest BCUT2D eigenvalue weighted by Crippen LogP contribution is -2.28. The van der Waals surface area contributed by atoms with E-state index in [0.29, 0.717) is 20.5 Å². The lowest BCUT2D eigenvalue weighted by Gasteiger charge is -2.14. The number of thioether (sulfide) groups is 1. The van der Waals surface area contributed by atoms with Crippen molar-refractivity contribution in [2.45, 2.75) is 0 Å². The molecule has 0 aliphatic carbocycles. The first-order valence-corrected chi connectivity index (χ1v) is 8.68. The van der Waals surface area contributed by atoms with Crippen molar-refractivity contribution in [1.29, 1.82) is 0 Å². The van der Waals surface area contributed by atoms with Gasteiger partial charge in [0.05, 0.1) is 21.9 Å². The van der Waals surface area contributed by atoms with Crippen LogP contribution in [0.1, 0.15) is 5.56 Å². The lowest BCUT2D eigenvalue weighted by molar-refractivity contribution is -0.115. The van der Waals surface area contributed by atoms with Crippen molar-refractivity contribution in [3.05, 3.63) is 59.0 Å². The van der Waals surface area contributed by atoms with Gasteiger partial charge in [-0.2, -0.15) is 0 Å². The van der Waals surface area contributed by atoms with Gasteiger partial charge < -0.3 is 10.0 Å². The molecule has 0 atom stereocenters. The lowest BCUT2D eigenvalue weighted by atomic mass is 10.1.